The van der Waals surface area contributed by atoms with Gasteiger partial charge in [0.25, 0.3) is 0 Å². The van der Waals surface area contributed by atoms with Crippen molar-refractivity contribution in [1.82, 2.24) is 0 Å². The van der Waals surface area contributed by atoms with Crippen LogP contribution < -0.4 is 0 Å². The summed E-state index contributed by atoms with van der Waals surface area (Å²) in [6.45, 7) is 6.69. The molecule has 0 aliphatic heterocycles. The smallest absolute Gasteiger partial charge is 0.306 e. The molecule has 0 heterocycles. The fraction of sp³-hybridized carbons (Fsp3) is 0.946. The average molecular weight is 877 g/mol. The summed E-state index contributed by atoms with van der Waals surface area (Å²) in [4.78, 5) is 38.0. The van der Waals surface area contributed by atoms with Crippen LogP contribution in [0.15, 0.2) is 0 Å². The van der Waals surface area contributed by atoms with Gasteiger partial charge in [0.1, 0.15) is 13.2 Å². The lowest BCUT2D eigenvalue weighted by Gasteiger charge is -2.18. The number of unbranched alkanes of at least 4 members (excludes halogenated alkanes) is 41. The summed E-state index contributed by atoms with van der Waals surface area (Å²) < 4.78 is 16.8. The lowest BCUT2D eigenvalue weighted by Crippen LogP contribution is -2.30. The lowest BCUT2D eigenvalue weighted by molar-refractivity contribution is -0.167. The van der Waals surface area contributed by atoms with Gasteiger partial charge < -0.3 is 14.2 Å². The van der Waals surface area contributed by atoms with Gasteiger partial charge >= 0.3 is 17.9 Å². The van der Waals surface area contributed by atoms with Crippen molar-refractivity contribution in [2.45, 2.75) is 329 Å². The molecule has 0 fully saturated rings. The lowest BCUT2D eigenvalue weighted by atomic mass is 10.0. The number of carbonyl (C=O) groups excluding carboxylic acids is 3. The Hall–Kier alpha value is -1.59. The summed E-state index contributed by atoms with van der Waals surface area (Å²) in [5.74, 6) is -0.836. The predicted molar refractivity (Wildman–Crippen MR) is 266 cm³/mol. The van der Waals surface area contributed by atoms with Gasteiger partial charge in [0.15, 0.2) is 6.10 Å². The molecule has 0 bridgehead atoms. The molecule has 0 radical (unpaired) electrons. The molecule has 6 nitrogen and oxygen atoms in total. The molecule has 62 heavy (non-hydrogen) atoms. The molecule has 0 saturated heterocycles. The van der Waals surface area contributed by atoms with Crippen LogP contribution in [-0.4, -0.2) is 37.2 Å². The zero-order valence-corrected chi connectivity index (χ0v) is 42.2. The van der Waals surface area contributed by atoms with Crippen LogP contribution in [0.3, 0.4) is 0 Å². The molecule has 0 aliphatic rings. The summed E-state index contributed by atoms with van der Waals surface area (Å²) in [7, 11) is 0. The first-order valence-corrected chi connectivity index (χ1v) is 28.0. The largest absolute Gasteiger partial charge is 0.462 e. The quantitative estimate of drug-likeness (QED) is 0.0344. The first-order chi connectivity index (χ1) is 30.5. The number of carbonyl (C=O) groups is 3. The molecule has 0 amide bonds. The van der Waals surface area contributed by atoms with Gasteiger partial charge in [0.2, 0.25) is 0 Å². The monoisotopic (exact) mass is 877 g/mol. The predicted octanol–water partition coefficient (Wildman–Crippen LogP) is 18.4. The topological polar surface area (TPSA) is 78.9 Å². The molecule has 0 N–H and O–H groups in total. The van der Waals surface area contributed by atoms with Crippen LogP contribution in [0.1, 0.15) is 323 Å². The summed E-state index contributed by atoms with van der Waals surface area (Å²) in [6.07, 6.45) is 56.6. The summed E-state index contributed by atoms with van der Waals surface area (Å²) in [6, 6.07) is 0. The number of esters is 3. The van der Waals surface area contributed by atoms with Crippen molar-refractivity contribution >= 4 is 17.9 Å². The van der Waals surface area contributed by atoms with Gasteiger partial charge in [-0.2, -0.15) is 0 Å². The van der Waals surface area contributed by atoms with E-state index in [9.17, 15) is 14.4 Å². The molecular formula is C56H108O6. The number of hydrogen-bond donors (Lipinski definition) is 0. The van der Waals surface area contributed by atoms with Gasteiger partial charge in [-0.25, -0.2) is 0 Å². The fourth-order valence-corrected chi connectivity index (χ4v) is 8.62. The van der Waals surface area contributed by atoms with E-state index in [4.69, 9.17) is 14.2 Å². The van der Waals surface area contributed by atoms with Crippen molar-refractivity contribution in [3.63, 3.8) is 0 Å². The summed E-state index contributed by atoms with van der Waals surface area (Å²) >= 11 is 0. The normalized spacial score (nSPS) is 11.9. The Bertz CT molecular complexity index is 920. The van der Waals surface area contributed by atoms with E-state index in [0.29, 0.717) is 19.3 Å². The summed E-state index contributed by atoms with van der Waals surface area (Å²) in [5, 5.41) is 0. The van der Waals surface area contributed by atoms with E-state index in [-0.39, 0.29) is 31.1 Å². The third-order valence-electron chi connectivity index (χ3n) is 12.9. The molecule has 0 aromatic carbocycles. The minimum atomic E-state index is -0.760. The molecule has 0 saturated carbocycles. The Morgan fingerprint density at radius 1 is 0.258 bits per heavy atom. The Morgan fingerprint density at radius 3 is 0.645 bits per heavy atom. The average Bonchev–Trinajstić information content (AvgIpc) is 3.27. The first kappa shape index (κ1) is 60.4. The molecule has 0 aliphatic carbocycles. The van der Waals surface area contributed by atoms with Crippen LogP contribution in [0, 0.1) is 0 Å². The second-order valence-electron chi connectivity index (χ2n) is 19.2. The van der Waals surface area contributed by atoms with E-state index in [2.05, 4.69) is 20.8 Å². The fourth-order valence-electron chi connectivity index (χ4n) is 8.62. The molecule has 0 unspecified atom stereocenters. The van der Waals surface area contributed by atoms with Crippen molar-refractivity contribution in [2.24, 2.45) is 0 Å². The van der Waals surface area contributed by atoms with Crippen LogP contribution in [-0.2, 0) is 28.6 Å². The highest BCUT2D eigenvalue weighted by atomic mass is 16.6. The molecule has 0 aromatic rings. The standard InChI is InChI=1S/C56H108O6/c1-4-7-10-13-16-19-22-25-26-27-28-29-30-32-35-37-40-43-46-49-55(58)61-52-53(62-56(59)50-47-44-41-38-33-24-21-18-15-12-9-6-3)51-60-54(57)48-45-42-39-36-34-31-23-20-17-14-11-8-5-2/h53H,4-52H2,1-3H3/t53-/m1/s1. The minimum Gasteiger partial charge on any atom is -0.462 e. The second-order valence-corrected chi connectivity index (χ2v) is 19.2. The van der Waals surface area contributed by atoms with Crippen LogP contribution >= 0.6 is 0 Å². The highest BCUT2D eigenvalue weighted by Crippen LogP contribution is 2.17. The zero-order chi connectivity index (χ0) is 45.1. The zero-order valence-electron chi connectivity index (χ0n) is 42.2. The highest BCUT2D eigenvalue weighted by molar-refractivity contribution is 5.71. The maximum absolute atomic E-state index is 12.8. The molecule has 0 rings (SSSR count). The van der Waals surface area contributed by atoms with Crippen LogP contribution in [0.4, 0.5) is 0 Å². The minimum absolute atomic E-state index is 0.0613. The van der Waals surface area contributed by atoms with E-state index in [1.807, 2.05) is 0 Å². The number of hydrogen-bond acceptors (Lipinski definition) is 6. The van der Waals surface area contributed by atoms with Gasteiger partial charge in [-0.05, 0) is 19.3 Å². The van der Waals surface area contributed by atoms with Gasteiger partial charge in [0.05, 0.1) is 0 Å². The van der Waals surface area contributed by atoms with Gasteiger partial charge in [0, 0.05) is 19.3 Å². The van der Waals surface area contributed by atoms with Crippen LogP contribution in [0.2, 0.25) is 0 Å². The van der Waals surface area contributed by atoms with E-state index in [1.54, 1.807) is 0 Å². The highest BCUT2D eigenvalue weighted by Gasteiger charge is 2.19. The van der Waals surface area contributed by atoms with Crippen LogP contribution in [0.25, 0.3) is 0 Å². The molecule has 6 heteroatoms. The maximum Gasteiger partial charge on any atom is 0.306 e. The van der Waals surface area contributed by atoms with Gasteiger partial charge in [-0.1, -0.05) is 284 Å². The van der Waals surface area contributed by atoms with E-state index in [0.717, 1.165) is 57.8 Å². The Labute approximate surface area is 387 Å². The molecule has 1 atom stereocenters. The van der Waals surface area contributed by atoms with Crippen molar-refractivity contribution in [3.05, 3.63) is 0 Å². The molecule has 368 valence electrons. The SMILES string of the molecule is CCCCCCCCCCCCCCCCCCCCCC(=O)OC[C@@H](COC(=O)CCCCCCCCCCCCCCC)OC(=O)CCCCCCCCCCCCCC. The Balaban J connectivity index is 4.24. The Morgan fingerprint density at radius 2 is 0.435 bits per heavy atom. The molecular weight excluding hydrogens is 769 g/mol. The summed E-state index contributed by atoms with van der Waals surface area (Å²) in [5.41, 5.74) is 0. The third-order valence-corrected chi connectivity index (χ3v) is 12.9. The second kappa shape index (κ2) is 52.0. The van der Waals surface area contributed by atoms with E-state index >= 15 is 0 Å². The molecule has 0 spiro atoms. The van der Waals surface area contributed by atoms with Crippen LogP contribution in [0.5, 0.6) is 0 Å². The molecule has 0 aromatic heterocycles. The van der Waals surface area contributed by atoms with E-state index in [1.165, 1.54) is 225 Å². The third kappa shape index (κ3) is 49.4. The van der Waals surface area contributed by atoms with E-state index < -0.39 is 6.10 Å². The Kier molecular flexibility index (Phi) is 50.7. The number of rotatable bonds is 52. The van der Waals surface area contributed by atoms with Crippen molar-refractivity contribution in [1.29, 1.82) is 0 Å². The first-order valence-electron chi connectivity index (χ1n) is 28.0. The van der Waals surface area contributed by atoms with Gasteiger partial charge in [-0.15, -0.1) is 0 Å². The van der Waals surface area contributed by atoms with Crippen molar-refractivity contribution < 1.29 is 28.6 Å². The maximum atomic E-state index is 12.8. The number of ether oxygens (including phenoxy) is 3. The van der Waals surface area contributed by atoms with Gasteiger partial charge in [-0.3, -0.25) is 14.4 Å². The van der Waals surface area contributed by atoms with Crippen molar-refractivity contribution in [2.75, 3.05) is 13.2 Å². The van der Waals surface area contributed by atoms with Crippen molar-refractivity contribution in [3.8, 4) is 0 Å².